The van der Waals surface area contributed by atoms with Gasteiger partial charge in [0, 0.05) is 5.02 Å². The van der Waals surface area contributed by atoms with Crippen LogP contribution in [0.15, 0.2) is 48.6 Å². The Morgan fingerprint density at radius 3 is 2.63 bits per heavy atom. The maximum absolute atomic E-state index is 12.0. The van der Waals surface area contributed by atoms with Gasteiger partial charge in [0.25, 0.3) is 5.91 Å². The van der Waals surface area contributed by atoms with Crippen LogP contribution in [0.5, 0.6) is 5.75 Å². The van der Waals surface area contributed by atoms with E-state index in [0.717, 1.165) is 0 Å². The maximum Gasteiger partial charge on any atom is 0.276 e. The Bertz CT molecular complexity index is 606. The highest BCUT2D eigenvalue weighted by Crippen LogP contribution is 2.35. The van der Waals surface area contributed by atoms with Crippen LogP contribution in [0, 0.1) is 5.92 Å². The fourth-order valence-corrected chi connectivity index (χ4v) is 2.37. The molecule has 0 radical (unpaired) electrons. The summed E-state index contributed by atoms with van der Waals surface area (Å²) in [4.78, 5) is 23.8. The predicted octanol–water partition coefficient (Wildman–Crippen LogP) is 1.86. The molecule has 2 amide bonds. The summed E-state index contributed by atoms with van der Waals surface area (Å²) in [5.74, 6) is -0.947. The fourth-order valence-electron chi connectivity index (χ4n) is 2.25. The van der Waals surface area contributed by atoms with E-state index in [0.29, 0.717) is 10.8 Å². The van der Waals surface area contributed by atoms with Gasteiger partial charge in [0.2, 0.25) is 11.5 Å². The molecule has 0 aromatic heterocycles. The lowest BCUT2D eigenvalue weighted by molar-refractivity contribution is -0.130. The van der Waals surface area contributed by atoms with Crippen molar-refractivity contribution in [1.82, 2.24) is 5.32 Å². The number of imide groups is 1. The summed E-state index contributed by atoms with van der Waals surface area (Å²) in [6, 6.07) is 6.66. The van der Waals surface area contributed by atoms with E-state index >= 15 is 0 Å². The quantitative estimate of drug-likeness (QED) is 0.838. The zero-order chi connectivity index (χ0) is 13.5. The van der Waals surface area contributed by atoms with Gasteiger partial charge in [-0.1, -0.05) is 29.8 Å². The van der Waals surface area contributed by atoms with Gasteiger partial charge < -0.3 is 4.74 Å². The highest BCUT2D eigenvalue weighted by Gasteiger charge is 2.55. The summed E-state index contributed by atoms with van der Waals surface area (Å²) in [7, 11) is 0. The summed E-state index contributed by atoms with van der Waals surface area (Å²) in [6.07, 6.45) is 6.69. The average Bonchev–Trinajstić information content (AvgIpc) is 2.65. The minimum absolute atomic E-state index is 0.348. The van der Waals surface area contributed by atoms with Crippen molar-refractivity contribution in [3.8, 4) is 5.75 Å². The van der Waals surface area contributed by atoms with E-state index in [4.69, 9.17) is 16.3 Å². The Morgan fingerprint density at radius 1 is 1.16 bits per heavy atom. The number of rotatable bonds is 2. The molecule has 1 fully saturated rings. The lowest BCUT2D eigenvalue weighted by Gasteiger charge is -2.29. The van der Waals surface area contributed by atoms with Crippen molar-refractivity contribution in [3.05, 3.63) is 53.6 Å². The van der Waals surface area contributed by atoms with Crippen LogP contribution in [0.1, 0.15) is 0 Å². The molecule has 96 valence electrons. The molecule has 1 heterocycles. The summed E-state index contributed by atoms with van der Waals surface area (Å²) in [5.41, 5.74) is -1.29. The van der Waals surface area contributed by atoms with Gasteiger partial charge in [0.1, 0.15) is 11.7 Å². The predicted molar refractivity (Wildman–Crippen MR) is 69.7 cm³/mol. The molecule has 0 saturated carbocycles. The van der Waals surface area contributed by atoms with Crippen molar-refractivity contribution in [2.75, 3.05) is 0 Å². The Hall–Kier alpha value is -2.07. The Morgan fingerprint density at radius 2 is 1.89 bits per heavy atom. The van der Waals surface area contributed by atoms with Gasteiger partial charge in [0.05, 0.1) is 0 Å². The number of benzene rings is 1. The number of carbonyl (C=O) groups is 2. The third-order valence-corrected chi connectivity index (χ3v) is 3.45. The molecule has 0 spiro atoms. The molecule has 3 rings (SSSR count). The fraction of sp³-hybridized carbons (Fsp3) is 0.143. The van der Waals surface area contributed by atoms with Crippen molar-refractivity contribution < 1.29 is 14.3 Å². The molecule has 0 bridgehead atoms. The minimum Gasteiger partial charge on any atom is -0.472 e. The van der Waals surface area contributed by atoms with Crippen LogP contribution in [0.4, 0.5) is 0 Å². The van der Waals surface area contributed by atoms with E-state index in [1.54, 1.807) is 48.6 Å². The van der Waals surface area contributed by atoms with Crippen LogP contribution in [-0.2, 0) is 9.59 Å². The second-order valence-corrected chi connectivity index (χ2v) is 4.83. The number of carbonyl (C=O) groups excluding carboxylic acids is 2. The number of halogens is 1. The maximum atomic E-state index is 12.0. The molecule has 5 heteroatoms. The zero-order valence-corrected chi connectivity index (χ0v) is 10.6. The molecule has 2 atom stereocenters. The second-order valence-electron chi connectivity index (χ2n) is 4.39. The molecule has 1 aliphatic carbocycles. The number of nitrogens with one attached hydrogen (secondary N) is 1. The first kappa shape index (κ1) is 12.0. The van der Waals surface area contributed by atoms with Gasteiger partial charge in [0.15, 0.2) is 0 Å². The first-order chi connectivity index (χ1) is 9.12. The van der Waals surface area contributed by atoms with Crippen molar-refractivity contribution in [2.45, 2.75) is 5.60 Å². The van der Waals surface area contributed by atoms with Gasteiger partial charge in [-0.3, -0.25) is 14.9 Å². The lowest BCUT2D eigenvalue weighted by atomic mass is 9.85. The van der Waals surface area contributed by atoms with Crippen LogP contribution in [-0.4, -0.2) is 17.4 Å². The average molecular weight is 276 g/mol. The van der Waals surface area contributed by atoms with Crippen molar-refractivity contribution in [3.63, 3.8) is 0 Å². The zero-order valence-electron chi connectivity index (χ0n) is 9.80. The van der Waals surface area contributed by atoms with E-state index < -0.39 is 17.4 Å². The molecule has 1 N–H and O–H groups in total. The molecular formula is C14H10ClNO3. The number of allylic oxidation sites excluding steroid dienone is 2. The molecule has 1 aromatic rings. The lowest BCUT2D eigenvalue weighted by Crippen LogP contribution is -2.46. The molecule has 2 unspecified atom stereocenters. The number of amides is 2. The number of ether oxygens (including phenoxy) is 1. The van der Waals surface area contributed by atoms with Crippen molar-refractivity contribution in [2.24, 2.45) is 5.92 Å². The van der Waals surface area contributed by atoms with Crippen LogP contribution < -0.4 is 10.1 Å². The van der Waals surface area contributed by atoms with Crippen molar-refractivity contribution >= 4 is 23.4 Å². The Balaban J connectivity index is 1.98. The van der Waals surface area contributed by atoms with Gasteiger partial charge in [-0.15, -0.1) is 0 Å². The standard InChI is InChI=1S/C14H10ClNO3/c15-9-4-6-10(7-5-9)19-14-8-2-1-3-11(14)12(17)16-13(14)18/h1-8,11H,(H,16,17,18). The monoisotopic (exact) mass is 275 g/mol. The largest absolute Gasteiger partial charge is 0.472 e. The number of hydrogen-bond acceptors (Lipinski definition) is 3. The molecule has 4 nitrogen and oxygen atoms in total. The van der Waals surface area contributed by atoms with Gasteiger partial charge in [-0.05, 0) is 30.3 Å². The molecule has 1 saturated heterocycles. The smallest absolute Gasteiger partial charge is 0.276 e. The SMILES string of the molecule is O=C1NC(=O)C2(Oc3ccc(Cl)cc3)C=CC=CC12. The topological polar surface area (TPSA) is 55.4 Å². The van der Waals surface area contributed by atoms with Gasteiger partial charge in [-0.2, -0.15) is 0 Å². The normalized spacial score (nSPS) is 28.2. The number of fused-ring (bicyclic) bond motifs is 1. The third kappa shape index (κ3) is 1.85. The molecule has 1 aromatic carbocycles. The van der Waals surface area contributed by atoms with Crippen LogP contribution in [0.25, 0.3) is 0 Å². The molecule has 19 heavy (non-hydrogen) atoms. The second kappa shape index (κ2) is 4.24. The van der Waals surface area contributed by atoms with Crippen LogP contribution >= 0.6 is 11.6 Å². The molecule has 1 aliphatic heterocycles. The minimum atomic E-state index is -1.29. The van der Waals surface area contributed by atoms with Crippen LogP contribution in [0.3, 0.4) is 0 Å². The van der Waals surface area contributed by atoms with E-state index in [1.807, 2.05) is 0 Å². The summed E-state index contributed by atoms with van der Waals surface area (Å²) in [6.45, 7) is 0. The summed E-state index contributed by atoms with van der Waals surface area (Å²) in [5, 5.41) is 2.88. The van der Waals surface area contributed by atoms with E-state index in [9.17, 15) is 9.59 Å². The van der Waals surface area contributed by atoms with Crippen molar-refractivity contribution in [1.29, 1.82) is 0 Å². The first-order valence-electron chi connectivity index (χ1n) is 5.78. The van der Waals surface area contributed by atoms with Gasteiger partial charge >= 0.3 is 0 Å². The Kier molecular flexibility index (Phi) is 2.68. The number of hydrogen-bond donors (Lipinski definition) is 1. The van der Waals surface area contributed by atoms with E-state index in [2.05, 4.69) is 5.32 Å². The Labute approximate surface area is 114 Å². The van der Waals surface area contributed by atoms with E-state index in [1.165, 1.54) is 0 Å². The molecule has 2 aliphatic rings. The highest BCUT2D eigenvalue weighted by atomic mass is 35.5. The summed E-state index contributed by atoms with van der Waals surface area (Å²) < 4.78 is 5.77. The van der Waals surface area contributed by atoms with E-state index in [-0.39, 0.29) is 5.91 Å². The van der Waals surface area contributed by atoms with Gasteiger partial charge in [-0.25, -0.2) is 0 Å². The van der Waals surface area contributed by atoms with Crippen LogP contribution in [0.2, 0.25) is 5.02 Å². The summed E-state index contributed by atoms with van der Waals surface area (Å²) >= 11 is 5.80. The molecular weight excluding hydrogens is 266 g/mol. The highest BCUT2D eigenvalue weighted by molar-refractivity contribution is 6.30. The first-order valence-corrected chi connectivity index (χ1v) is 6.15. The third-order valence-electron chi connectivity index (χ3n) is 3.19.